The second-order valence-electron chi connectivity index (χ2n) is 6.81. The fraction of sp³-hybridized carbons (Fsp3) is 0.211. The molecule has 14 heteroatoms. The molecule has 33 heavy (non-hydrogen) atoms. The summed E-state index contributed by atoms with van der Waals surface area (Å²) in [7, 11) is 0. The number of H-pyrrole nitrogens is 1. The van der Waals surface area contributed by atoms with Crippen LogP contribution in [0.15, 0.2) is 41.6 Å². The highest BCUT2D eigenvalue weighted by Gasteiger charge is 2.33. The number of aromatic amines is 1. The zero-order chi connectivity index (χ0) is 23.8. The minimum Gasteiger partial charge on any atom is -0.494 e. The Labute approximate surface area is 187 Å². The van der Waals surface area contributed by atoms with Crippen LogP contribution < -0.4 is 10.3 Å². The third-order valence-corrected chi connectivity index (χ3v) is 4.89. The van der Waals surface area contributed by atoms with E-state index in [2.05, 4.69) is 20.2 Å². The van der Waals surface area contributed by atoms with Gasteiger partial charge in [0, 0.05) is 19.2 Å². The highest BCUT2D eigenvalue weighted by molar-refractivity contribution is 6.31. The number of fused-ring (bicyclic) bond motifs is 1. The lowest BCUT2D eigenvalue weighted by Crippen LogP contribution is -2.17. The van der Waals surface area contributed by atoms with Gasteiger partial charge in [-0.3, -0.25) is 14.5 Å². The maximum Gasteiger partial charge on any atom is 0.417 e. The number of hydrogen-bond donors (Lipinski definition) is 2. The number of rotatable bonds is 7. The first-order valence-corrected chi connectivity index (χ1v) is 9.75. The minimum absolute atomic E-state index is 0.0150. The van der Waals surface area contributed by atoms with Gasteiger partial charge in [-0.1, -0.05) is 11.6 Å². The molecule has 4 rings (SSSR count). The van der Waals surface area contributed by atoms with Gasteiger partial charge in [-0.05, 0) is 18.2 Å². The van der Waals surface area contributed by atoms with Crippen molar-refractivity contribution in [3.8, 4) is 11.7 Å². The normalized spacial score (nSPS) is 11.8. The van der Waals surface area contributed by atoms with Gasteiger partial charge < -0.3 is 9.84 Å². The largest absolute Gasteiger partial charge is 0.494 e. The van der Waals surface area contributed by atoms with Crippen LogP contribution in [0.5, 0.6) is 5.75 Å². The second-order valence-corrected chi connectivity index (χ2v) is 7.22. The van der Waals surface area contributed by atoms with Crippen molar-refractivity contribution in [3.63, 3.8) is 0 Å². The Hall–Kier alpha value is -3.87. The van der Waals surface area contributed by atoms with Crippen LogP contribution in [0.25, 0.3) is 17.0 Å². The molecule has 4 aromatic rings. The van der Waals surface area contributed by atoms with Gasteiger partial charge in [-0.15, -0.1) is 0 Å². The van der Waals surface area contributed by atoms with E-state index >= 15 is 0 Å². The Kier molecular flexibility index (Phi) is 5.80. The van der Waals surface area contributed by atoms with E-state index in [-0.39, 0.29) is 41.4 Å². The van der Waals surface area contributed by atoms with Crippen LogP contribution in [0.1, 0.15) is 22.3 Å². The van der Waals surface area contributed by atoms with E-state index in [1.165, 1.54) is 23.1 Å². The molecular formula is C19H14ClF3N6O4. The Balaban J connectivity index is 1.45. The number of halogens is 4. The number of nitrogens with zero attached hydrogens (tertiary/aromatic N) is 5. The molecule has 3 aromatic heterocycles. The summed E-state index contributed by atoms with van der Waals surface area (Å²) in [4.78, 5) is 30.3. The van der Waals surface area contributed by atoms with E-state index in [1.807, 2.05) is 0 Å². The zero-order valence-corrected chi connectivity index (χ0v) is 17.3. The van der Waals surface area contributed by atoms with Crippen LogP contribution in [-0.2, 0) is 12.7 Å². The number of carbonyl (C=O) groups is 1. The Morgan fingerprint density at radius 2 is 2.03 bits per heavy atom. The van der Waals surface area contributed by atoms with E-state index in [1.54, 1.807) is 0 Å². The van der Waals surface area contributed by atoms with Gasteiger partial charge >= 0.3 is 12.1 Å². The van der Waals surface area contributed by atoms with E-state index in [0.717, 1.165) is 23.0 Å². The topological polar surface area (TPSA) is 128 Å². The molecule has 0 aliphatic heterocycles. The highest BCUT2D eigenvalue weighted by atomic mass is 35.5. The van der Waals surface area contributed by atoms with Crippen molar-refractivity contribution in [2.24, 2.45) is 0 Å². The number of aromatic nitrogens is 6. The SMILES string of the molecule is O=C(O)c1cnn(-c2nc3cnn(CCCOc4ccc(Cl)c(C(F)(F)F)c4)c3c(=O)[nH]2)c1. The minimum atomic E-state index is -4.59. The second kappa shape index (κ2) is 8.58. The summed E-state index contributed by atoms with van der Waals surface area (Å²) in [5, 5.41) is 16.5. The fourth-order valence-electron chi connectivity index (χ4n) is 3.04. The molecule has 0 fully saturated rings. The smallest absolute Gasteiger partial charge is 0.417 e. The van der Waals surface area contributed by atoms with Crippen LogP contribution in [-0.4, -0.2) is 47.2 Å². The van der Waals surface area contributed by atoms with Crippen molar-refractivity contribution in [1.82, 2.24) is 29.5 Å². The maximum atomic E-state index is 12.9. The van der Waals surface area contributed by atoms with Gasteiger partial charge in [-0.25, -0.2) is 14.5 Å². The first-order valence-electron chi connectivity index (χ1n) is 9.37. The molecule has 0 unspecified atom stereocenters. The summed E-state index contributed by atoms with van der Waals surface area (Å²) in [5.74, 6) is -1.14. The first kappa shape index (κ1) is 22.3. The predicted octanol–water partition coefficient (Wildman–Crippen LogP) is 3.14. The monoisotopic (exact) mass is 482 g/mol. The van der Waals surface area contributed by atoms with Crippen LogP contribution in [0.4, 0.5) is 13.2 Å². The third kappa shape index (κ3) is 4.67. The number of alkyl halides is 3. The quantitative estimate of drug-likeness (QED) is 0.387. The lowest BCUT2D eigenvalue weighted by atomic mass is 10.2. The molecule has 172 valence electrons. The zero-order valence-electron chi connectivity index (χ0n) is 16.5. The predicted molar refractivity (Wildman–Crippen MR) is 109 cm³/mol. The van der Waals surface area contributed by atoms with Gasteiger partial charge in [0.2, 0.25) is 5.95 Å². The number of aromatic carboxylic acids is 1. The number of nitrogens with one attached hydrogen (secondary N) is 1. The molecule has 0 bridgehead atoms. The van der Waals surface area contributed by atoms with Crippen molar-refractivity contribution in [1.29, 1.82) is 0 Å². The number of ether oxygens (including phenoxy) is 1. The van der Waals surface area contributed by atoms with Gasteiger partial charge in [0.15, 0.2) is 5.52 Å². The number of hydrogen-bond acceptors (Lipinski definition) is 6. The molecule has 3 heterocycles. The standard InChI is InChI=1S/C19H14ClF3N6O4/c20-13-3-2-11(6-12(13)19(21,22)23)33-5-1-4-28-15-14(8-25-28)26-18(27-16(15)30)29-9-10(7-24-29)17(31)32/h2-3,6-9H,1,4-5H2,(H,31,32)(H,26,27,30). The Bertz CT molecular complexity index is 1390. The van der Waals surface area contributed by atoms with Gasteiger partial charge in [-0.2, -0.15) is 23.4 Å². The Morgan fingerprint density at radius 1 is 1.24 bits per heavy atom. The van der Waals surface area contributed by atoms with Crippen molar-refractivity contribution < 1.29 is 27.8 Å². The van der Waals surface area contributed by atoms with Crippen LogP contribution >= 0.6 is 11.6 Å². The first-order chi connectivity index (χ1) is 15.6. The van der Waals surface area contributed by atoms with E-state index in [9.17, 15) is 22.8 Å². The summed E-state index contributed by atoms with van der Waals surface area (Å²) in [6.45, 7) is 0.299. The molecule has 0 spiro atoms. The molecule has 0 aliphatic carbocycles. The van der Waals surface area contributed by atoms with Crippen molar-refractivity contribution in [2.45, 2.75) is 19.1 Å². The lowest BCUT2D eigenvalue weighted by Gasteiger charge is -2.12. The average molecular weight is 483 g/mol. The van der Waals surface area contributed by atoms with Gasteiger partial charge in [0.05, 0.1) is 35.2 Å². The molecule has 0 aliphatic rings. The molecule has 0 radical (unpaired) electrons. The van der Waals surface area contributed by atoms with E-state index in [0.29, 0.717) is 6.42 Å². The van der Waals surface area contributed by atoms with Crippen LogP contribution in [0.3, 0.4) is 0 Å². The molecule has 10 nitrogen and oxygen atoms in total. The summed E-state index contributed by atoms with van der Waals surface area (Å²) in [6, 6.07) is 3.28. The summed E-state index contributed by atoms with van der Waals surface area (Å²) in [5.41, 5.74) is -1.14. The fourth-order valence-corrected chi connectivity index (χ4v) is 3.26. The summed E-state index contributed by atoms with van der Waals surface area (Å²) >= 11 is 5.59. The number of benzene rings is 1. The lowest BCUT2D eigenvalue weighted by molar-refractivity contribution is -0.137. The van der Waals surface area contributed by atoms with Crippen molar-refractivity contribution in [3.05, 3.63) is 63.3 Å². The molecule has 0 saturated heterocycles. The Morgan fingerprint density at radius 3 is 2.73 bits per heavy atom. The van der Waals surface area contributed by atoms with Gasteiger partial charge in [0.1, 0.15) is 11.3 Å². The summed E-state index contributed by atoms with van der Waals surface area (Å²) in [6.07, 6.45) is -0.569. The maximum absolute atomic E-state index is 12.9. The third-order valence-electron chi connectivity index (χ3n) is 4.56. The average Bonchev–Trinajstić information content (AvgIpc) is 3.39. The molecule has 0 atom stereocenters. The molecule has 2 N–H and O–H groups in total. The van der Waals surface area contributed by atoms with Crippen molar-refractivity contribution in [2.75, 3.05) is 6.61 Å². The molecule has 0 saturated carbocycles. The number of carboxylic acids is 1. The molecule has 1 aromatic carbocycles. The molecular weight excluding hydrogens is 469 g/mol. The highest BCUT2D eigenvalue weighted by Crippen LogP contribution is 2.36. The van der Waals surface area contributed by atoms with Gasteiger partial charge in [0.25, 0.3) is 5.56 Å². The van der Waals surface area contributed by atoms with E-state index < -0.39 is 28.3 Å². The molecule has 0 amide bonds. The van der Waals surface area contributed by atoms with Crippen LogP contribution in [0.2, 0.25) is 5.02 Å². The summed E-state index contributed by atoms with van der Waals surface area (Å²) < 4.78 is 46.7. The van der Waals surface area contributed by atoms with Crippen LogP contribution in [0, 0.1) is 0 Å². The number of aryl methyl sites for hydroxylation is 1. The number of carboxylic acid groups (broad SMARTS) is 1. The van der Waals surface area contributed by atoms with E-state index in [4.69, 9.17) is 21.4 Å². The van der Waals surface area contributed by atoms with Crippen molar-refractivity contribution >= 4 is 28.6 Å².